The quantitative estimate of drug-likeness (QED) is 0.496. The predicted molar refractivity (Wildman–Crippen MR) is 125 cm³/mol. The molecule has 32 heavy (non-hydrogen) atoms. The Kier molecular flexibility index (Phi) is 6.90. The van der Waals surface area contributed by atoms with Gasteiger partial charge >= 0.3 is 0 Å². The molecule has 0 radical (unpaired) electrons. The van der Waals surface area contributed by atoms with Gasteiger partial charge in [-0.3, -0.25) is 4.79 Å². The highest BCUT2D eigenvalue weighted by Crippen LogP contribution is 2.34. The van der Waals surface area contributed by atoms with E-state index in [1.54, 1.807) is 4.68 Å². The summed E-state index contributed by atoms with van der Waals surface area (Å²) in [6, 6.07) is 18.0. The van der Waals surface area contributed by atoms with Gasteiger partial charge in [-0.1, -0.05) is 49.4 Å². The van der Waals surface area contributed by atoms with Gasteiger partial charge in [-0.2, -0.15) is 5.10 Å². The highest BCUT2D eigenvalue weighted by Gasteiger charge is 2.27. The lowest BCUT2D eigenvalue weighted by Gasteiger charge is -2.25. The van der Waals surface area contributed by atoms with Crippen LogP contribution in [0.1, 0.15) is 37.3 Å². The Bertz CT molecular complexity index is 1060. The van der Waals surface area contributed by atoms with Gasteiger partial charge in [0.15, 0.2) is 0 Å². The third-order valence-corrected chi connectivity index (χ3v) is 5.79. The zero-order chi connectivity index (χ0) is 22.5. The first-order valence-corrected chi connectivity index (χ1v) is 11.3. The number of benzene rings is 2. The van der Waals surface area contributed by atoms with Gasteiger partial charge in [-0.05, 0) is 37.5 Å². The second kappa shape index (κ2) is 10.0. The lowest BCUT2D eigenvalue weighted by atomic mass is 10.1. The number of hydrogen-bond donors (Lipinski definition) is 0. The van der Waals surface area contributed by atoms with Gasteiger partial charge in [0.1, 0.15) is 11.4 Å². The number of aromatic nitrogens is 2. The third kappa shape index (κ3) is 5.02. The maximum Gasteiger partial charge on any atom is 0.223 e. The summed E-state index contributed by atoms with van der Waals surface area (Å²) in [7, 11) is 1.88. The molecular formula is C26H31N3O3. The molecular weight excluding hydrogens is 402 g/mol. The van der Waals surface area contributed by atoms with Crippen molar-refractivity contribution >= 4 is 5.91 Å². The van der Waals surface area contributed by atoms with Crippen LogP contribution in [0.4, 0.5) is 0 Å². The molecule has 168 valence electrons. The molecule has 6 nitrogen and oxygen atoms in total. The summed E-state index contributed by atoms with van der Waals surface area (Å²) in [4.78, 5) is 14.8. The minimum atomic E-state index is 0.0866. The molecule has 1 aliphatic heterocycles. The molecule has 0 bridgehead atoms. The van der Waals surface area contributed by atoms with E-state index in [1.165, 1.54) is 0 Å². The Hall–Kier alpha value is -3.12. The van der Waals surface area contributed by atoms with Crippen LogP contribution in [0, 0.1) is 6.92 Å². The Morgan fingerprint density at radius 3 is 2.72 bits per heavy atom. The van der Waals surface area contributed by atoms with Crippen molar-refractivity contribution in [2.75, 3.05) is 13.2 Å². The Labute approximate surface area is 189 Å². The van der Waals surface area contributed by atoms with Crippen molar-refractivity contribution in [2.45, 2.75) is 45.8 Å². The van der Waals surface area contributed by atoms with Crippen LogP contribution in [0.25, 0.3) is 11.3 Å². The minimum Gasteiger partial charge on any atom is -0.439 e. The van der Waals surface area contributed by atoms with Gasteiger partial charge in [0.2, 0.25) is 11.8 Å². The number of amides is 1. The minimum absolute atomic E-state index is 0.0866. The predicted octanol–water partition coefficient (Wildman–Crippen LogP) is 5.11. The van der Waals surface area contributed by atoms with Crippen molar-refractivity contribution in [3.8, 4) is 22.9 Å². The summed E-state index contributed by atoms with van der Waals surface area (Å²) in [5.41, 5.74) is 3.85. The van der Waals surface area contributed by atoms with Crippen LogP contribution in [0.3, 0.4) is 0 Å². The lowest BCUT2D eigenvalue weighted by molar-refractivity contribution is -0.133. The first kappa shape index (κ1) is 22.1. The Morgan fingerprint density at radius 1 is 1.22 bits per heavy atom. The summed E-state index contributed by atoms with van der Waals surface area (Å²) in [6.45, 7) is 5.71. The second-order valence-corrected chi connectivity index (χ2v) is 8.30. The maximum absolute atomic E-state index is 12.9. The number of hydrogen-bond acceptors (Lipinski definition) is 4. The summed E-state index contributed by atoms with van der Waals surface area (Å²) < 4.78 is 13.9. The smallest absolute Gasteiger partial charge is 0.223 e. The van der Waals surface area contributed by atoms with Crippen LogP contribution in [-0.2, 0) is 23.1 Å². The van der Waals surface area contributed by atoms with Crippen LogP contribution in [0.15, 0.2) is 54.6 Å². The molecule has 1 aromatic heterocycles. The molecule has 1 unspecified atom stereocenters. The largest absolute Gasteiger partial charge is 0.439 e. The van der Waals surface area contributed by atoms with E-state index in [0.29, 0.717) is 25.4 Å². The molecule has 3 aromatic rings. The van der Waals surface area contributed by atoms with Gasteiger partial charge in [-0.15, -0.1) is 0 Å². The lowest BCUT2D eigenvalue weighted by Crippen LogP contribution is -2.36. The number of carbonyl (C=O) groups excluding carboxylic acids is 1. The van der Waals surface area contributed by atoms with Crippen LogP contribution in [-0.4, -0.2) is 39.8 Å². The fourth-order valence-corrected chi connectivity index (χ4v) is 4.14. The molecule has 0 spiro atoms. The molecule has 2 heterocycles. The van der Waals surface area contributed by atoms with E-state index in [0.717, 1.165) is 47.6 Å². The molecule has 1 atom stereocenters. The van der Waals surface area contributed by atoms with Gasteiger partial charge in [0, 0.05) is 32.2 Å². The monoisotopic (exact) mass is 433 g/mol. The zero-order valence-corrected chi connectivity index (χ0v) is 19.1. The van der Waals surface area contributed by atoms with Crippen molar-refractivity contribution in [1.82, 2.24) is 14.7 Å². The maximum atomic E-state index is 12.9. The van der Waals surface area contributed by atoms with Crippen LogP contribution in [0.2, 0.25) is 0 Å². The molecule has 1 aliphatic rings. The Balaban J connectivity index is 1.73. The number of carbonyl (C=O) groups is 1. The van der Waals surface area contributed by atoms with Gasteiger partial charge < -0.3 is 14.4 Å². The molecule has 0 saturated carbocycles. The van der Waals surface area contributed by atoms with E-state index in [4.69, 9.17) is 14.6 Å². The molecule has 1 saturated heterocycles. The fourth-order valence-electron chi connectivity index (χ4n) is 4.14. The van der Waals surface area contributed by atoms with Crippen molar-refractivity contribution < 1.29 is 14.3 Å². The third-order valence-electron chi connectivity index (χ3n) is 5.79. The summed E-state index contributed by atoms with van der Waals surface area (Å²) in [5.74, 6) is 1.50. The number of nitrogens with zero attached hydrogens (tertiary/aromatic N) is 3. The molecule has 0 aliphatic carbocycles. The normalized spacial score (nSPS) is 15.7. The first-order chi connectivity index (χ1) is 15.5. The zero-order valence-electron chi connectivity index (χ0n) is 19.1. The van der Waals surface area contributed by atoms with E-state index in [2.05, 4.69) is 0 Å². The fraction of sp³-hybridized carbons (Fsp3) is 0.385. The second-order valence-electron chi connectivity index (χ2n) is 8.30. The molecule has 0 N–H and O–H groups in total. The van der Waals surface area contributed by atoms with Crippen molar-refractivity contribution in [1.29, 1.82) is 0 Å². The molecule has 1 fully saturated rings. The van der Waals surface area contributed by atoms with Crippen LogP contribution >= 0.6 is 0 Å². The van der Waals surface area contributed by atoms with Crippen molar-refractivity contribution in [3.05, 3.63) is 65.7 Å². The average Bonchev–Trinajstić information content (AvgIpc) is 3.42. The molecule has 4 rings (SSSR count). The van der Waals surface area contributed by atoms with Gasteiger partial charge in [0.25, 0.3) is 0 Å². The van der Waals surface area contributed by atoms with Gasteiger partial charge in [-0.25, -0.2) is 4.68 Å². The highest BCUT2D eigenvalue weighted by molar-refractivity contribution is 5.76. The van der Waals surface area contributed by atoms with Crippen LogP contribution < -0.4 is 4.74 Å². The number of aryl methyl sites for hydroxylation is 2. The standard InChI is InChI=1S/C26H31N3O3/c1-4-24(30)29(17-22-14-9-15-31-22)18-23-25(20-11-6-5-7-12-20)27-28(3)26(23)32-21-13-8-10-19(2)16-21/h5-8,10-13,16,22H,4,9,14-15,17-18H2,1-3H3. The SMILES string of the molecule is CCC(=O)N(Cc1c(-c2ccccc2)nn(C)c1Oc1cccc(C)c1)CC1CCCO1. The molecule has 6 heteroatoms. The average molecular weight is 434 g/mol. The summed E-state index contributed by atoms with van der Waals surface area (Å²) >= 11 is 0. The van der Waals surface area contributed by atoms with E-state index in [1.807, 2.05) is 80.4 Å². The highest BCUT2D eigenvalue weighted by atomic mass is 16.5. The van der Waals surface area contributed by atoms with Crippen molar-refractivity contribution in [2.24, 2.45) is 7.05 Å². The molecule has 1 amide bonds. The summed E-state index contributed by atoms with van der Waals surface area (Å²) in [6.07, 6.45) is 2.56. The first-order valence-electron chi connectivity index (χ1n) is 11.3. The van der Waals surface area contributed by atoms with E-state index < -0.39 is 0 Å². The van der Waals surface area contributed by atoms with Crippen molar-refractivity contribution in [3.63, 3.8) is 0 Å². The van der Waals surface area contributed by atoms with E-state index in [9.17, 15) is 4.79 Å². The summed E-state index contributed by atoms with van der Waals surface area (Å²) in [5, 5.41) is 4.79. The number of ether oxygens (including phenoxy) is 2. The Morgan fingerprint density at radius 2 is 2.03 bits per heavy atom. The molecule has 2 aromatic carbocycles. The number of rotatable bonds is 8. The van der Waals surface area contributed by atoms with E-state index in [-0.39, 0.29) is 12.0 Å². The van der Waals surface area contributed by atoms with Crippen LogP contribution in [0.5, 0.6) is 11.6 Å². The van der Waals surface area contributed by atoms with Gasteiger partial charge in [0.05, 0.1) is 18.2 Å². The topological polar surface area (TPSA) is 56.6 Å². The van der Waals surface area contributed by atoms with E-state index >= 15 is 0 Å².